The maximum Gasteiger partial charge on any atom is 0.138 e. The Morgan fingerprint density at radius 2 is 1.45 bits per heavy atom. The quantitative estimate of drug-likeness (QED) is 0.412. The lowest BCUT2D eigenvalue weighted by Crippen LogP contribution is -2.66. The van der Waals surface area contributed by atoms with Crippen LogP contribution in [-0.2, 0) is 4.79 Å². The molecule has 0 spiro atoms. The fourth-order valence-electron chi connectivity index (χ4n) is 11.5. The van der Waals surface area contributed by atoms with Gasteiger partial charge in [0.2, 0.25) is 0 Å². The molecule has 0 N–H and O–H groups in total. The number of carbonyl (C=O) groups is 1. The maximum absolute atomic E-state index is 12.9. The van der Waals surface area contributed by atoms with E-state index in [1.54, 1.807) is 0 Å². The average molecular weight is 427 g/mol. The minimum atomic E-state index is -0.120. The second-order valence-corrected chi connectivity index (χ2v) is 14.9. The molecule has 0 heterocycles. The molecule has 5 aliphatic rings. The molecule has 0 radical (unpaired) electrons. The summed E-state index contributed by atoms with van der Waals surface area (Å²) in [5.41, 5.74) is 1.76. The van der Waals surface area contributed by atoms with Gasteiger partial charge >= 0.3 is 0 Å². The molecule has 0 aliphatic heterocycles. The van der Waals surface area contributed by atoms with Crippen LogP contribution < -0.4 is 0 Å². The fraction of sp³-hybridized carbons (Fsp3) is 0.967. The zero-order chi connectivity index (χ0) is 22.6. The molecule has 0 amide bonds. The van der Waals surface area contributed by atoms with Crippen LogP contribution in [0.3, 0.4) is 0 Å². The molecule has 0 aromatic rings. The normalized spacial score (nSPS) is 55.9. The second kappa shape index (κ2) is 6.63. The number of Topliss-reactive ketones (excluding diaryl/α,β-unsaturated/α-hetero) is 1. The largest absolute Gasteiger partial charge is 0.299 e. The van der Waals surface area contributed by atoms with Gasteiger partial charge in [-0.1, -0.05) is 55.4 Å². The van der Waals surface area contributed by atoms with Crippen LogP contribution >= 0.6 is 0 Å². The molecule has 5 unspecified atom stereocenters. The molecular formula is C30H50O. The van der Waals surface area contributed by atoms with Gasteiger partial charge in [0.05, 0.1) is 0 Å². The molecule has 5 fully saturated rings. The molecule has 0 aromatic carbocycles. The van der Waals surface area contributed by atoms with Crippen molar-refractivity contribution in [3.63, 3.8) is 0 Å². The van der Waals surface area contributed by atoms with Crippen molar-refractivity contribution >= 4 is 5.78 Å². The Morgan fingerprint density at radius 1 is 0.742 bits per heavy atom. The Kier molecular flexibility index (Phi) is 4.80. The molecule has 9 atom stereocenters. The minimum absolute atomic E-state index is 0.120. The summed E-state index contributed by atoms with van der Waals surface area (Å²) in [5, 5.41) is 0. The van der Waals surface area contributed by atoms with Crippen LogP contribution in [0.15, 0.2) is 0 Å². The lowest BCUT2D eigenvalue weighted by atomic mass is 9.32. The van der Waals surface area contributed by atoms with E-state index < -0.39 is 0 Å². The molecule has 176 valence electrons. The summed E-state index contributed by atoms with van der Waals surface area (Å²) < 4.78 is 0. The molecule has 1 heteroatoms. The molecule has 0 saturated heterocycles. The van der Waals surface area contributed by atoms with Crippen LogP contribution in [0.25, 0.3) is 0 Å². The van der Waals surface area contributed by atoms with Crippen LogP contribution in [0.1, 0.15) is 120 Å². The Balaban J connectivity index is 1.54. The van der Waals surface area contributed by atoms with Gasteiger partial charge in [-0.25, -0.2) is 0 Å². The van der Waals surface area contributed by atoms with Crippen molar-refractivity contribution in [3.05, 3.63) is 0 Å². The Bertz CT molecular complexity index is 764. The van der Waals surface area contributed by atoms with Gasteiger partial charge in [-0.05, 0) is 115 Å². The van der Waals surface area contributed by atoms with Crippen molar-refractivity contribution in [2.75, 3.05) is 0 Å². The Labute approximate surface area is 192 Å². The number of rotatable bonds is 1. The van der Waals surface area contributed by atoms with Gasteiger partial charge in [0.15, 0.2) is 0 Å². The van der Waals surface area contributed by atoms with E-state index >= 15 is 0 Å². The number of carbonyl (C=O) groups excluding carboxylic acids is 1. The van der Waals surface area contributed by atoms with Gasteiger partial charge < -0.3 is 0 Å². The minimum Gasteiger partial charge on any atom is -0.299 e. The van der Waals surface area contributed by atoms with Crippen molar-refractivity contribution < 1.29 is 4.79 Å². The second-order valence-electron chi connectivity index (χ2n) is 14.9. The van der Waals surface area contributed by atoms with Crippen LogP contribution in [0.4, 0.5) is 0 Å². The average Bonchev–Trinajstić information content (AvgIpc) is 3.04. The van der Waals surface area contributed by atoms with Crippen molar-refractivity contribution in [1.29, 1.82) is 0 Å². The molecule has 5 saturated carbocycles. The summed E-state index contributed by atoms with van der Waals surface area (Å²) in [6.07, 6.45) is 13.3. The predicted molar refractivity (Wildman–Crippen MR) is 130 cm³/mol. The summed E-state index contributed by atoms with van der Waals surface area (Å²) in [6.45, 7) is 20.3. The third-order valence-electron chi connectivity index (χ3n) is 13.5. The van der Waals surface area contributed by atoms with Crippen LogP contribution in [0, 0.1) is 62.6 Å². The first-order valence-electron chi connectivity index (χ1n) is 13.8. The molecule has 0 bridgehead atoms. The van der Waals surface area contributed by atoms with Crippen LogP contribution in [-0.4, -0.2) is 5.78 Å². The summed E-state index contributed by atoms with van der Waals surface area (Å²) in [7, 11) is 0. The number of fused-ring (bicyclic) bond motifs is 7. The van der Waals surface area contributed by atoms with Gasteiger partial charge in [-0.3, -0.25) is 4.79 Å². The summed E-state index contributed by atoms with van der Waals surface area (Å²) in [5.74, 6) is 5.56. The zero-order valence-electron chi connectivity index (χ0n) is 21.9. The third kappa shape index (κ3) is 2.65. The first-order chi connectivity index (χ1) is 14.3. The van der Waals surface area contributed by atoms with E-state index in [1.807, 2.05) is 0 Å². The molecule has 31 heavy (non-hydrogen) atoms. The molecule has 5 rings (SSSR count). The van der Waals surface area contributed by atoms with Crippen molar-refractivity contribution in [1.82, 2.24) is 0 Å². The number of hydrogen-bond acceptors (Lipinski definition) is 1. The highest BCUT2D eigenvalue weighted by Gasteiger charge is 2.70. The molecular weight excluding hydrogens is 376 g/mol. The van der Waals surface area contributed by atoms with Crippen molar-refractivity contribution in [2.24, 2.45) is 62.6 Å². The lowest BCUT2D eigenvalue weighted by molar-refractivity contribution is -0.234. The highest BCUT2D eigenvalue weighted by Crippen LogP contribution is 2.77. The number of ketones is 1. The van der Waals surface area contributed by atoms with E-state index in [0.717, 1.165) is 42.4 Å². The van der Waals surface area contributed by atoms with E-state index in [9.17, 15) is 4.79 Å². The predicted octanol–water partition coefficient (Wildman–Crippen LogP) is 8.31. The summed E-state index contributed by atoms with van der Waals surface area (Å²) in [4.78, 5) is 12.9. The summed E-state index contributed by atoms with van der Waals surface area (Å²) >= 11 is 0. The van der Waals surface area contributed by atoms with Crippen LogP contribution in [0.2, 0.25) is 0 Å². The van der Waals surface area contributed by atoms with E-state index in [4.69, 9.17) is 0 Å². The third-order valence-corrected chi connectivity index (χ3v) is 13.5. The van der Waals surface area contributed by atoms with E-state index in [0.29, 0.717) is 33.4 Å². The monoisotopic (exact) mass is 426 g/mol. The van der Waals surface area contributed by atoms with Gasteiger partial charge in [0.25, 0.3) is 0 Å². The van der Waals surface area contributed by atoms with Crippen molar-refractivity contribution in [2.45, 2.75) is 120 Å². The number of hydrogen-bond donors (Lipinski definition) is 0. The Hall–Kier alpha value is -0.330. The standard InChI is InChI=1S/C30H50O/c1-19(2)20-11-14-27(5)17-18-29(7)21(25(20)27)9-10-23-28(6)15-13-24(31)26(3,4)22(28)12-16-30(23,29)8/h19-23,25H,9-18H2,1-8H3/t20?,21?,22?,23?,25?,27-,28+,29-,30-/m1/s1. The van der Waals surface area contributed by atoms with E-state index in [-0.39, 0.29) is 5.41 Å². The smallest absolute Gasteiger partial charge is 0.138 e. The van der Waals surface area contributed by atoms with Crippen LogP contribution in [0.5, 0.6) is 0 Å². The lowest BCUT2D eigenvalue weighted by Gasteiger charge is -2.72. The fourth-order valence-corrected chi connectivity index (χ4v) is 11.5. The van der Waals surface area contributed by atoms with E-state index in [2.05, 4.69) is 55.4 Å². The van der Waals surface area contributed by atoms with Crippen molar-refractivity contribution in [3.8, 4) is 0 Å². The molecule has 0 aromatic heterocycles. The molecule has 5 aliphatic carbocycles. The van der Waals surface area contributed by atoms with Gasteiger partial charge in [0.1, 0.15) is 5.78 Å². The Morgan fingerprint density at radius 3 is 2.13 bits per heavy atom. The first kappa shape index (κ1) is 22.5. The first-order valence-corrected chi connectivity index (χ1v) is 13.8. The van der Waals surface area contributed by atoms with Gasteiger partial charge in [-0.2, -0.15) is 0 Å². The van der Waals surface area contributed by atoms with Gasteiger partial charge in [-0.15, -0.1) is 0 Å². The highest BCUT2D eigenvalue weighted by atomic mass is 16.1. The van der Waals surface area contributed by atoms with Gasteiger partial charge in [0, 0.05) is 11.8 Å². The topological polar surface area (TPSA) is 17.1 Å². The summed E-state index contributed by atoms with van der Waals surface area (Å²) in [6, 6.07) is 0. The molecule has 1 nitrogen and oxygen atoms in total. The maximum atomic E-state index is 12.9. The van der Waals surface area contributed by atoms with E-state index in [1.165, 1.54) is 51.4 Å². The SMILES string of the molecule is CC(C)C1CC[C@]2(C)CC[C@]3(C)C(CCC4[C@@]5(C)CCC(=O)C(C)(C)C5CC[C@]43C)C12. The highest BCUT2D eigenvalue weighted by molar-refractivity contribution is 5.85. The zero-order valence-corrected chi connectivity index (χ0v) is 21.9.